The predicted molar refractivity (Wildman–Crippen MR) is 77.1 cm³/mol. The average Bonchev–Trinajstić information content (AvgIpc) is 2.96. The van der Waals surface area contributed by atoms with Crippen molar-refractivity contribution in [3.63, 3.8) is 0 Å². The smallest absolute Gasteiger partial charge is 0.235 e. The third-order valence-corrected chi connectivity index (χ3v) is 3.02. The summed E-state index contributed by atoms with van der Waals surface area (Å²) in [5.41, 5.74) is 1.86. The molecule has 20 heavy (non-hydrogen) atoms. The van der Waals surface area contributed by atoms with Crippen LogP contribution in [0.3, 0.4) is 0 Å². The van der Waals surface area contributed by atoms with E-state index in [0.29, 0.717) is 17.5 Å². The lowest BCUT2D eigenvalue weighted by atomic mass is 10.2. The van der Waals surface area contributed by atoms with E-state index in [1.54, 1.807) is 13.2 Å². The highest BCUT2D eigenvalue weighted by Crippen LogP contribution is 2.27. The van der Waals surface area contributed by atoms with Crippen molar-refractivity contribution in [3.8, 4) is 11.6 Å². The molecule has 0 unspecified atom stereocenters. The molecule has 6 heteroatoms. The Kier molecular flexibility index (Phi) is 3.20. The lowest BCUT2D eigenvalue weighted by molar-refractivity contribution is 0.468. The van der Waals surface area contributed by atoms with Crippen molar-refractivity contribution in [2.75, 3.05) is 12.4 Å². The Morgan fingerprint density at radius 3 is 3.00 bits per heavy atom. The summed E-state index contributed by atoms with van der Waals surface area (Å²) in [6.45, 7) is 2.11. The van der Waals surface area contributed by atoms with Gasteiger partial charge in [-0.2, -0.15) is 15.1 Å². The van der Waals surface area contributed by atoms with Crippen LogP contribution in [0.4, 0.5) is 5.95 Å². The summed E-state index contributed by atoms with van der Waals surface area (Å²) in [4.78, 5) is 8.61. The number of aryl methyl sites for hydroxylation is 1. The third-order valence-electron chi connectivity index (χ3n) is 3.02. The molecule has 0 aliphatic carbocycles. The van der Waals surface area contributed by atoms with Gasteiger partial charge < -0.3 is 10.1 Å². The highest BCUT2D eigenvalue weighted by molar-refractivity contribution is 5.80. The van der Waals surface area contributed by atoms with Crippen LogP contribution in [-0.2, 0) is 6.42 Å². The van der Waals surface area contributed by atoms with Crippen molar-refractivity contribution in [1.82, 2.24) is 20.2 Å². The number of benzene rings is 1. The highest BCUT2D eigenvalue weighted by Gasteiger charge is 2.11. The van der Waals surface area contributed by atoms with E-state index in [1.807, 2.05) is 18.2 Å². The maximum atomic E-state index is 5.88. The van der Waals surface area contributed by atoms with E-state index in [1.165, 1.54) is 5.56 Å². The second-order valence-corrected chi connectivity index (χ2v) is 4.34. The number of nitrogens with zero attached hydrogens (tertiary/aromatic N) is 3. The molecule has 0 saturated heterocycles. The van der Waals surface area contributed by atoms with Crippen molar-refractivity contribution < 1.29 is 4.74 Å². The number of aromatic nitrogens is 4. The number of hydrogen-bond acceptors (Lipinski definition) is 5. The Hall–Kier alpha value is -2.63. The second-order valence-electron chi connectivity index (χ2n) is 4.34. The first-order valence-corrected chi connectivity index (χ1v) is 6.46. The Balaban J connectivity index is 2.02. The van der Waals surface area contributed by atoms with E-state index in [4.69, 9.17) is 4.74 Å². The molecule has 0 atom stereocenters. The molecule has 3 aromatic rings. The van der Waals surface area contributed by atoms with Crippen LogP contribution in [0, 0.1) is 0 Å². The molecule has 1 aromatic carbocycles. The molecule has 2 heterocycles. The first-order valence-electron chi connectivity index (χ1n) is 6.46. The minimum atomic E-state index is 0.487. The van der Waals surface area contributed by atoms with Gasteiger partial charge in [0, 0.05) is 7.05 Å². The molecule has 0 saturated carbocycles. The molecule has 0 radical (unpaired) electrons. The molecule has 0 aliphatic heterocycles. The Bertz CT molecular complexity index is 737. The molecule has 0 aliphatic rings. The van der Waals surface area contributed by atoms with Gasteiger partial charge in [0.15, 0.2) is 5.65 Å². The van der Waals surface area contributed by atoms with Crippen molar-refractivity contribution in [1.29, 1.82) is 0 Å². The van der Waals surface area contributed by atoms with Crippen LogP contribution in [-0.4, -0.2) is 27.2 Å². The van der Waals surface area contributed by atoms with E-state index >= 15 is 0 Å². The fourth-order valence-corrected chi connectivity index (χ4v) is 1.94. The summed E-state index contributed by atoms with van der Waals surface area (Å²) >= 11 is 0. The van der Waals surface area contributed by atoms with Gasteiger partial charge in [0.25, 0.3) is 0 Å². The quantitative estimate of drug-likeness (QED) is 0.761. The van der Waals surface area contributed by atoms with E-state index in [2.05, 4.69) is 38.5 Å². The molecular weight excluding hydrogens is 254 g/mol. The van der Waals surface area contributed by atoms with Crippen molar-refractivity contribution in [2.24, 2.45) is 0 Å². The first-order chi connectivity index (χ1) is 9.80. The van der Waals surface area contributed by atoms with Gasteiger partial charge in [0.2, 0.25) is 11.8 Å². The summed E-state index contributed by atoms with van der Waals surface area (Å²) in [5, 5.41) is 10.5. The van der Waals surface area contributed by atoms with Crippen LogP contribution in [0.1, 0.15) is 12.5 Å². The maximum absolute atomic E-state index is 5.88. The monoisotopic (exact) mass is 269 g/mol. The summed E-state index contributed by atoms with van der Waals surface area (Å²) in [7, 11) is 1.76. The lowest BCUT2D eigenvalue weighted by Gasteiger charge is -2.08. The van der Waals surface area contributed by atoms with Crippen LogP contribution in [0.2, 0.25) is 0 Å². The minimum absolute atomic E-state index is 0.487. The number of ether oxygens (including phenoxy) is 1. The highest BCUT2D eigenvalue weighted by atomic mass is 16.5. The standard InChI is InChI=1S/C14H15N5O/c1-3-9-5-4-6-10(7-9)20-13-11-8-16-19-12(11)17-14(15-2)18-13/h4-8H,3H2,1-2H3,(H2,15,16,17,18,19). The van der Waals surface area contributed by atoms with E-state index in [0.717, 1.165) is 17.6 Å². The Morgan fingerprint density at radius 1 is 1.30 bits per heavy atom. The number of fused-ring (bicyclic) bond motifs is 1. The minimum Gasteiger partial charge on any atom is -0.438 e. The SMILES string of the molecule is CCc1cccc(Oc2nc(NC)nc3[nH]ncc23)c1. The molecule has 102 valence electrons. The largest absolute Gasteiger partial charge is 0.438 e. The first kappa shape index (κ1) is 12.4. The van der Waals surface area contributed by atoms with Gasteiger partial charge in [-0.05, 0) is 24.1 Å². The third kappa shape index (κ3) is 2.27. The fraction of sp³-hybridized carbons (Fsp3) is 0.214. The number of anilines is 1. The summed E-state index contributed by atoms with van der Waals surface area (Å²) in [6.07, 6.45) is 2.62. The number of hydrogen-bond donors (Lipinski definition) is 2. The predicted octanol–water partition coefficient (Wildman–Crippen LogP) is 2.75. The number of aromatic amines is 1. The molecule has 0 bridgehead atoms. The van der Waals surface area contributed by atoms with Crippen LogP contribution in [0.5, 0.6) is 11.6 Å². The molecule has 2 aromatic heterocycles. The van der Waals surface area contributed by atoms with Crippen LogP contribution < -0.4 is 10.1 Å². The average molecular weight is 269 g/mol. The topological polar surface area (TPSA) is 75.7 Å². The number of H-pyrrole nitrogens is 1. The molecule has 0 amide bonds. The fourth-order valence-electron chi connectivity index (χ4n) is 1.94. The van der Waals surface area contributed by atoms with Crippen molar-refractivity contribution >= 4 is 17.0 Å². The molecular formula is C14H15N5O. The molecule has 2 N–H and O–H groups in total. The van der Waals surface area contributed by atoms with Crippen LogP contribution >= 0.6 is 0 Å². The zero-order valence-corrected chi connectivity index (χ0v) is 11.3. The Morgan fingerprint density at radius 2 is 2.20 bits per heavy atom. The molecule has 0 spiro atoms. The van der Waals surface area contributed by atoms with Gasteiger partial charge in [-0.3, -0.25) is 5.10 Å². The maximum Gasteiger partial charge on any atom is 0.235 e. The molecule has 0 fully saturated rings. The Labute approximate surface area is 116 Å². The lowest BCUT2D eigenvalue weighted by Crippen LogP contribution is -1.99. The van der Waals surface area contributed by atoms with Crippen LogP contribution in [0.15, 0.2) is 30.5 Å². The molecule has 6 nitrogen and oxygen atoms in total. The number of nitrogens with one attached hydrogen (secondary N) is 2. The van der Waals surface area contributed by atoms with Crippen molar-refractivity contribution in [3.05, 3.63) is 36.0 Å². The van der Waals surface area contributed by atoms with Gasteiger partial charge in [0.1, 0.15) is 11.1 Å². The van der Waals surface area contributed by atoms with E-state index in [9.17, 15) is 0 Å². The normalized spacial score (nSPS) is 10.7. The van der Waals surface area contributed by atoms with Gasteiger partial charge in [-0.15, -0.1) is 0 Å². The van der Waals surface area contributed by atoms with Gasteiger partial charge in [0.05, 0.1) is 6.20 Å². The summed E-state index contributed by atoms with van der Waals surface area (Å²) in [5.74, 6) is 1.73. The zero-order chi connectivity index (χ0) is 13.9. The molecule has 3 rings (SSSR count). The van der Waals surface area contributed by atoms with Gasteiger partial charge >= 0.3 is 0 Å². The summed E-state index contributed by atoms with van der Waals surface area (Å²) < 4.78 is 5.88. The van der Waals surface area contributed by atoms with E-state index in [-0.39, 0.29) is 0 Å². The zero-order valence-electron chi connectivity index (χ0n) is 11.3. The number of rotatable bonds is 4. The van der Waals surface area contributed by atoms with E-state index < -0.39 is 0 Å². The van der Waals surface area contributed by atoms with Crippen LogP contribution in [0.25, 0.3) is 11.0 Å². The second kappa shape index (κ2) is 5.16. The van der Waals surface area contributed by atoms with Gasteiger partial charge in [-0.1, -0.05) is 19.1 Å². The summed E-state index contributed by atoms with van der Waals surface area (Å²) in [6, 6.07) is 7.96. The van der Waals surface area contributed by atoms with Crippen molar-refractivity contribution in [2.45, 2.75) is 13.3 Å². The van der Waals surface area contributed by atoms with Gasteiger partial charge in [-0.25, -0.2) is 0 Å².